The van der Waals surface area contributed by atoms with E-state index >= 15 is 0 Å². The molecule has 18 rings (SSSR count). The van der Waals surface area contributed by atoms with Gasteiger partial charge in [-0.25, -0.2) is 0 Å². The van der Waals surface area contributed by atoms with Crippen molar-refractivity contribution in [3.8, 4) is 0 Å². The highest BCUT2D eigenvalue weighted by molar-refractivity contribution is 5.46. The van der Waals surface area contributed by atoms with E-state index in [2.05, 4.69) is 65.6 Å². The van der Waals surface area contributed by atoms with Crippen LogP contribution in [0.1, 0.15) is 50.1 Å². The normalized spacial score (nSPS) is 75.7. The molecule has 1 aromatic carbocycles. The average Bonchev–Trinajstić information content (AvgIpc) is 3.95. The summed E-state index contributed by atoms with van der Waals surface area (Å²) in [6, 6.07) is 12.8. The first-order chi connectivity index (χ1) is 24.2. The topological polar surface area (TPSA) is 3.24 Å². The number of hydrogen-bond donors (Lipinski definition) is 0. The minimum Gasteiger partial charge on any atom is -0.298 e. The number of nitrogens with zero attached hydrogens (tertiary/aromatic N) is 1. The van der Waals surface area contributed by atoms with Crippen molar-refractivity contribution in [1.29, 1.82) is 0 Å². The second-order valence-corrected chi connectivity index (χ2v) is 23.6. The van der Waals surface area contributed by atoms with Gasteiger partial charge >= 0.3 is 0 Å². The van der Waals surface area contributed by atoms with Gasteiger partial charge in [0.1, 0.15) is 0 Å². The summed E-state index contributed by atoms with van der Waals surface area (Å²) in [6.07, 6.45) is 16.2. The molecule has 16 aliphatic carbocycles. The van der Waals surface area contributed by atoms with Crippen LogP contribution in [0.25, 0.3) is 0 Å². The molecule has 14 saturated carbocycles. The van der Waals surface area contributed by atoms with Crippen LogP contribution < -0.4 is 0 Å². The average molecular weight is 644 g/mol. The third-order valence-corrected chi connectivity index (χ3v) is 24.3. The Kier molecular flexibility index (Phi) is 3.56. The molecule has 0 radical (unpaired) electrons. The summed E-state index contributed by atoms with van der Waals surface area (Å²) in [5, 5.41) is 0. The lowest BCUT2D eigenvalue weighted by Gasteiger charge is -2.63. The van der Waals surface area contributed by atoms with Gasteiger partial charge in [-0.2, -0.15) is 0 Å². The molecule has 17 aliphatic rings. The van der Waals surface area contributed by atoms with E-state index in [1.165, 1.54) is 72.1 Å². The van der Waals surface area contributed by atoms with Gasteiger partial charge in [0.25, 0.3) is 0 Å². The predicted molar refractivity (Wildman–Crippen MR) is 186 cm³/mol. The molecule has 0 N–H and O–H groups in total. The fourth-order valence-corrected chi connectivity index (χ4v) is 26.0. The molecule has 0 bridgehead atoms. The Hall–Kier alpha value is -1.34. The Balaban J connectivity index is 0.983. The SMILES string of the molecule is CN1CC23C=C4CC5CC6CC7CC8CC9C=C%10CC(C%11C%12C%10C9C9C8C8C7C6C6C5C5C4C2C%11C2C%12C9C8C6C52)C3C1c1ccccc1. The molecular weight excluding hydrogens is 591 g/mol. The summed E-state index contributed by atoms with van der Waals surface area (Å²) in [7, 11) is 2.59. The van der Waals surface area contributed by atoms with Crippen LogP contribution in [0.2, 0.25) is 0 Å². The summed E-state index contributed by atoms with van der Waals surface area (Å²) < 4.78 is 0. The van der Waals surface area contributed by atoms with Crippen LogP contribution >= 0.6 is 0 Å². The second-order valence-electron chi connectivity index (χ2n) is 23.6. The van der Waals surface area contributed by atoms with Crippen LogP contribution in [-0.2, 0) is 0 Å². The van der Waals surface area contributed by atoms with Crippen LogP contribution in [0.3, 0.4) is 0 Å². The zero-order valence-corrected chi connectivity index (χ0v) is 29.2. The van der Waals surface area contributed by atoms with Gasteiger partial charge < -0.3 is 0 Å². The predicted octanol–water partition coefficient (Wildman–Crippen LogP) is 8.32. The van der Waals surface area contributed by atoms with Crippen LogP contribution in [0.5, 0.6) is 0 Å². The molecule has 1 heterocycles. The number of rotatable bonds is 1. The van der Waals surface area contributed by atoms with Gasteiger partial charge in [0.15, 0.2) is 0 Å². The molecule has 1 spiro atoms. The molecule has 1 heteroatoms. The molecule has 15 fully saturated rings. The first-order valence-electron chi connectivity index (χ1n) is 22.4. The Morgan fingerprint density at radius 3 is 1.94 bits per heavy atom. The molecule has 1 saturated heterocycles. The number of fused-ring (bicyclic) bond motifs is 1. The van der Waals surface area contributed by atoms with Gasteiger partial charge in [-0.15, -0.1) is 0 Å². The number of likely N-dealkylation sites (tertiary alicyclic amines) is 1. The van der Waals surface area contributed by atoms with Crippen molar-refractivity contribution in [1.82, 2.24) is 4.90 Å². The van der Waals surface area contributed by atoms with Crippen LogP contribution in [0.4, 0.5) is 0 Å². The quantitative estimate of drug-likeness (QED) is 0.278. The van der Waals surface area contributed by atoms with E-state index in [-0.39, 0.29) is 0 Å². The lowest BCUT2D eigenvalue weighted by atomic mass is 9.40. The summed E-state index contributed by atoms with van der Waals surface area (Å²) in [4.78, 5) is 2.97. The maximum absolute atomic E-state index is 3.23. The van der Waals surface area contributed by atoms with Crippen LogP contribution in [0, 0.1) is 171 Å². The molecule has 1 aromatic rings. The summed E-state index contributed by atoms with van der Waals surface area (Å²) in [6.45, 7) is 1.38. The smallest absolute Gasteiger partial charge is 0.0385 e. The molecule has 250 valence electrons. The fraction of sp³-hybridized carbons (Fsp3) is 0.792. The minimum atomic E-state index is 0.458. The molecule has 1 aliphatic heterocycles. The zero-order chi connectivity index (χ0) is 30.5. The van der Waals surface area contributed by atoms with Crippen molar-refractivity contribution in [2.75, 3.05) is 13.6 Å². The van der Waals surface area contributed by atoms with E-state index in [4.69, 9.17) is 0 Å². The van der Waals surface area contributed by atoms with Crippen LogP contribution in [0.15, 0.2) is 53.6 Å². The van der Waals surface area contributed by atoms with E-state index in [1.807, 2.05) is 0 Å². The van der Waals surface area contributed by atoms with Gasteiger partial charge in [-0.3, -0.25) is 4.90 Å². The highest BCUT2D eigenvalue weighted by Crippen LogP contribution is 2.93. The molecule has 30 atom stereocenters. The van der Waals surface area contributed by atoms with Gasteiger partial charge in [-0.05, 0) is 217 Å². The van der Waals surface area contributed by atoms with Gasteiger partial charge in [0.05, 0.1) is 0 Å². The van der Waals surface area contributed by atoms with Crippen molar-refractivity contribution in [2.45, 2.75) is 44.6 Å². The van der Waals surface area contributed by atoms with E-state index in [1.54, 1.807) is 37.7 Å². The Labute approximate surface area is 292 Å². The lowest BCUT2D eigenvalue weighted by molar-refractivity contribution is -0.158. The fourth-order valence-electron chi connectivity index (χ4n) is 26.0. The monoisotopic (exact) mass is 643 g/mol. The van der Waals surface area contributed by atoms with Crippen molar-refractivity contribution in [3.05, 3.63) is 59.2 Å². The van der Waals surface area contributed by atoms with E-state index < -0.39 is 0 Å². The maximum atomic E-state index is 3.23. The Morgan fingerprint density at radius 2 is 1.14 bits per heavy atom. The molecule has 30 unspecified atom stereocenters. The standard InChI is InChI=1S/C48H53N/c1-49-15-48-14-23-12-21-10-18-7-17-8-20-9-19-11-22-13-24(45(48)47(49)16-5-3-2-4-6-16)32-37-28(22)27(19)34-29(20)33-25(17)26(18)35-30(21)36-31(23)46(48)44(32)43-41(36)39(35)38(33)40(34)42(37)43/h2-6,11,14,17-21,24-47H,7-10,12-13,15H2,1H3. The highest BCUT2D eigenvalue weighted by Gasteiger charge is 2.89. The van der Waals surface area contributed by atoms with Crippen molar-refractivity contribution in [2.24, 2.45) is 171 Å². The first-order valence-corrected chi connectivity index (χ1v) is 22.4. The number of hydrogen-bond acceptors (Lipinski definition) is 1. The molecule has 1 nitrogen and oxygen atoms in total. The molecule has 0 aromatic heterocycles. The van der Waals surface area contributed by atoms with Gasteiger partial charge in [-0.1, -0.05) is 53.6 Å². The Bertz CT molecular complexity index is 1920. The van der Waals surface area contributed by atoms with Gasteiger partial charge in [0.2, 0.25) is 0 Å². The molecule has 0 amide bonds. The van der Waals surface area contributed by atoms with E-state index in [0.29, 0.717) is 11.5 Å². The number of benzene rings is 1. The third kappa shape index (κ3) is 2.06. The maximum Gasteiger partial charge on any atom is 0.0385 e. The van der Waals surface area contributed by atoms with Gasteiger partial charge in [0, 0.05) is 18.0 Å². The summed E-state index contributed by atoms with van der Waals surface area (Å²) in [5.41, 5.74) is 6.35. The number of allylic oxidation sites excluding steroid dienone is 3. The molecule has 49 heavy (non-hydrogen) atoms. The van der Waals surface area contributed by atoms with Crippen molar-refractivity contribution < 1.29 is 0 Å². The summed E-state index contributed by atoms with van der Waals surface area (Å²) >= 11 is 0. The molecular formula is C48H53N. The van der Waals surface area contributed by atoms with E-state index in [0.717, 1.165) is 107 Å². The summed E-state index contributed by atoms with van der Waals surface area (Å²) in [5.74, 6) is 31.2. The van der Waals surface area contributed by atoms with Crippen molar-refractivity contribution >= 4 is 0 Å². The first kappa shape index (κ1) is 24.8. The zero-order valence-electron chi connectivity index (χ0n) is 29.2. The van der Waals surface area contributed by atoms with Crippen molar-refractivity contribution in [3.63, 3.8) is 0 Å². The third-order valence-electron chi connectivity index (χ3n) is 24.3. The Morgan fingerprint density at radius 1 is 0.531 bits per heavy atom. The van der Waals surface area contributed by atoms with E-state index in [9.17, 15) is 0 Å². The minimum absolute atomic E-state index is 0.458. The second kappa shape index (κ2) is 7.03. The largest absolute Gasteiger partial charge is 0.298 e. The lowest BCUT2D eigenvalue weighted by Crippen LogP contribution is -2.61. The van der Waals surface area contributed by atoms with Crippen LogP contribution in [-0.4, -0.2) is 18.5 Å². The highest BCUT2D eigenvalue weighted by atomic mass is 15.2.